The summed E-state index contributed by atoms with van der Waals surface area (Å²) in [6.07, 6.45) is 0. The molecule has 3 rings (SSSR count). The van der Waals surface area contributed by atoms with E-state index < -0.39 is 6.04 Å². The molecule has 0 spiro atoms. The maximum atomic E-state index is 11.8. The van der Waals surface area contributed by atoms with Gasteiger partial charge in [0.25, 0.3) is 0 Å². The molecule has 0 saturated heterocycles. The third-order valence-corrected chi connectivity index (χ3v) is 4.79. The van der Waals surface area contributed by atoms with Crippen LogP contribution in [-0.4, -0.2) is 27.7 Å². The van der Waals surface area contributed by atoms with Gasteiger partial charge < -0.3 is 10.6 Å². The number of hydrogen-bond donors (Lipinski definition) is 3. The van der Waals surface area contributed by atoms with Crippen LogP contribution in [0.2, 0.25) is 5.02 Å². The van der Waals surface area contributed by atoms with Crippen LogP contribution in [-0.2, 0) is 11.8 Å². The number of likely N-dealkylation sites (N-methyl/N-ethyl adjacent to an activating group) is 1. The Balaban J connectivity index is 1.99. The molecule has 7 nitrogen and oxygen atoms in total. The van der Waals surface area contributed by atoms with Crippen LogP contribution in [0, 0.1) is 0 Å². The molecule has 110 valence electrons. The Morgan fingerprint density at radius 3 is 2.81 bits per heavy atom. The highest BCUT2D eigenvalue weighted by atomic mass is 35.5. The summed E-state index contributed by atoms with van der Waals surface area (Å²) >= 11 is 7.53. The van der Waals surface area contributed by atoms with Crippen LogP contribution < -0.4 is 16.3 Å². The van der Waals surface area contributed by atoms with Gasteiger partial charge in [-0.3, -0.25) is 9.36 Å². The molecule has 0 bridgehead atoms. The maximum absolute atomic E-state index is 11.8. The lowest BCUT2D eigenvalue weighted by molar-refractivity contribution is -0.117. The number of nitrogens with one attached hydrogen (secondary N) is 3. The summed E-state index contributed by atoms with van der Waals surface area (Å²) in [5.74, 6) is -0.113. The molecule has 2 aromatic rings. The van der Waals surface area contributed by atoms with Gasteiger partial charge in [0, 0.05) is 23.2 Å². The molecular weight excluding hydrogens is 314 g/mol. The minimum absolute atomic E-state index is 0.113. The topological polar surface area (TPSA) is 91.8 Å². The Kier molecular flexibility index (Phi) is 3.52. The predicted molar refractivity (Wildman–Crippen MR) is 79.8 cm³/mol. The van der Waals surface area contributed by atoms with E-state index in [1.54, 1.807) is 26.2 Å². The predicted octanol–water partition coefficient (Wildman–Crippen LogP) is 1.13. The van der Waals surface area contributed by atoms with Crippen LogP contribution >= 0.6 is 23.4 Å². The highest BCUT2D eigenvalue weighted by Gasteiger charge is 2.30. The number of benzene rings is 1. The standard InChI is InChI=1S/C12H12ClN5O2S/c1-14-9-5-3-6(13)8(4-7(5)15-10(9)19)21-12-17-16-11(20)18(12)2/h3-4,9,14H,1-2H3,(H,15,19)(H,16,20). The number of aromatic nitrogens is 3. The van der Waals surface area contributed by atoms with Gasteiger partial charge >= 0.3 is 5.69 Å². The Morgan fingerprint density at radius 1 is 1.43 bits per heavy atom. The second-order valence-electron chi connectivity index (χ2n) is 4.55. The first-order valence-corrected chi connectivity index (χ1v) is 7.31. The van der Waals surface area contributed by atoms with Crippen LogP contribution in [0.25, 0.3) is 0 Å². The van der Waals surface area contributed by atoms with E-state index in [1.165, 1.54) is 16.3 Å². The number of fused-ring (bicyclic) bond motifs is 1. The number of H-pyrrole nitrogens is 1. The highest BCUT2D eigenvalue weighted by Crippen LogP contribution is 2.40. The van der Waals surface area contributed by atoms with Crippen LogP contribution in [0.1, 0.15) is 11.6 Å². The number of carbonyl (C=O) groups excluding carboxylic acids is 1. The van der Waals surface area contributed by atoms with Crippen molar-refractivity contribution in [3.63, 3.8) is 0 Å². The first-order chi connectivity index (χ1) is 10.0. The van der Waals surface area contributed by atoms with Crippen molar-refractivity contribution in [2.24, 2.45) is 7.05 Å². The average Bonchev–Trinajstić information content (AvgIpc) is 2.92. The summed E-state index contributed by atoms with van der Waals surface area (Å²) in [5, 5.41) is 13.0. The lowest BCUT2D eigenvalue weighted by Crippen LogP contribution is -2.23. The fourth-order valence-electron chi connectivity index (χ4n) is 2.15. The number of aromatic amines is 1. The van der Waals surface area contributed by atoms with E-state index in [2.05, 4.69) is 20.8 Å². The van der Waals surface area contributed by atoms with Crippen molar-refractivity contribution >= 4 is 35.0 Å². The van der Waals surface area contributed by atoms with Gasteiger partial charge in [-0.15, -0.1) is 5.10 Å². The molecule has 21 heavy (non-hydrogen) atoms. The molecular formula is C12H12ClN5O2S. The molecule has 0 aliphatic carbocycles. The van der Waals surface area contributed by atoms with Gasteiger partial charge in [-0.2, -0.15) is 0 Å². The molecule has 9 heteroatoms. The van der Waals surface area contributed by atoms with Crippen molar-refractivity contribution in [3.05, 3.63) is 33.2 Å². The summed E-state index contributed by atoms with van der Waals surface area (Å²) in [5.41, 5.74) is 1.23. The minimum Gasteiger partial charge on any atom is -0.324 e. The highest BCUT2D eigenvalue weighted by molar-refractivity contribution is 7.99. The molecule has 1 unspecified atom stereocenters. The van der Waals surface area contributed by atoms with Crippen LogP contribution in [0.3, 0.4) is 0 Å². The van der Waals surface area contributed by atoms with E-state index in [1.807, 2.05) is 0 Å². The van der Waals surface area contributed by atoms with Gasteiger partial charge in [0.2, 0.25) is 5.91 Å². The SMILES string of the molecule is CNC1C(=O)Nc2cc(Sc3n[nH]c(=O)n3C)c(Cl)cc21. The van der Waals surface area contributed by atoms with E-state index in [9.17, 15) is 9.59 Å². The number of carbonyl (C=O) groups is 1. The minimum atomic E-state index is -0.397. The third-order valence-electron chi connectivity index (χ3n) is 3.26. The number of anilines is 1. The van der Waals surface area contributed by atoms with Gasteiger partial charge in [-0.05, 0) is 30.9 Å². The van der Waals surface area contributed by atoms with Crippen molar-refractivity contribution in [3.8, 4) is 0 Å². The molecule has 2 heterocycles. The molecule has 0 fully saturated rings. The van der Waals surface area contributed by atoms with Gasteiger partial charge in [0.15, 0.2) is 5.16 Å². The van der Waals surface area contributed by atoms with E-state index in [4.69, 9.17) is 11.6 Å². The molecule has 0 saturated carbocycles. The third kappa shape index (κ3) is 2.35. The number of hydrogen-bond acceptors (Lipinski definition) is 5. The van der Waals surface area contributed by atoms with Crippen molar-refractivity contribution in [1.29, 1.82) is 0 Å². The van der Waals surface area contributed by atoms with E-state index in [0.29, 0.717) is 15.9 Å². The Morgan fingerprint density at radius 2 is 2.19 bits per heavy atom. The van der Waals surface area contributed by atoms with E-state index in [0.717, 1.165) is 10.5 Å². The smallest absolute Gasteiger partial charge is 0.324 e. The molecule has 1 aromatic heterocycles. The molecule has 0 radical (unpaired) electrons. The van der Waals surface area contributed by atoms with Crippen LogP contribution in [0.15, 0.2) is 27.0 Å². The monoisotopic (exact) mass is 325 g/mol. The van der Waals surface area contributed by atoms with Crippen molar-refractivity contribution in [2.45, 2.75) is 16.1 Å². The van der Waals surface area contributed by atoms with E-state index in [-0.39, 0.29) is 11.6 Å². The maximum Gasteiger partial charge on any atom is 0.343 e. The summed E-state index contributed by atoms with van der Waals surface area (Å²) in [7, 11) is 3.34. The number of nitrogens with zero attached hydrogens (tertiary/aromatic N) is 2. The molecule has 1 aromatic carbocycles. The second kappa shape index (κ2) is 5.21. The number of halogens is 1. The summed E-state index contributed by atoms with van der Waals surface area (Å²) in [4.78, 5) is 23.9. The van der Waals surface area contributed by atoms with Gasteiger partial charge in [0.05, 0.1) is 5.02 Å². The molecule has 1 aliphatic heterocycles. The fraction of sp³-hybridized carbons (Fsp3) is 0.250. The lowest BCUT2D eigenvalue weighted by Gasteiger charge is -2.09. The zero-order chi connectivity index (χ0) is 15.1. The van der Waals surface area contributed by atoms with E-state index >= 15 is 0 Å². The zero-order valence-corrected chi connectivity index (χ0v) is 12.8. The van der Waals surface area contributed by atoms with Crippen molar-refractivity contribution in [2.75, 3.05) is 12.4 Å². The average molecular weight is 326 g/mol. The summed E-state index contributed by atoms with van der Waals surface area (Å²) in [6, 6.07) is 3.14. The Labute approximate surface area is 129 Å². The molecule has 1 aliphatic rings. The summed E-state index contributed by atoms with van der Waals surface area (Å²) < 4.78 is 1.39. The molecule has 3 N–H and O–H groups in total. The van der Waals surface area contributed by atoms with Crippen molar-refractivity contribution < 1.29 is 4.79 Å². The van der Waals surface area contributed by atoms with Crippen molar-refractivity contribution in [1.82, 2.24) is 20.1 Å². The normalized spacial score (nSPS) is 16.9. The second-order valence-corrected chi connectivity index (χ2v) is 5.97. The van der Waals surface area contributed by atoms with Crippen LogP contribution in [0.5, 0.6) is 0 Å². The zero-order valence-electron chi connectivity index (χ0n) is 11.2. The van der Waals surface area contributed by atoms with Gasteiger partial charge in [-0.1, -0.05) is 11.6 Å². The fourth-order valence-corrected chi connectivity index (χ4v) is 3.28. The first kappa shape index (κ1) is 14.2. The molecule has 1 amide bonds. The summed E-state index contributed by atoms with van der Waals surface area (Å²) in [6.45, 7) is 0. The number of rotatable bonds is 3. The van der Waals surface area contributed by atoms with Gasteiger partial charge in [-0.25, -0.2) is 9.89 Å². The molecule has 1 atom stereocenters. The van der Waals surface area contributed by atoms with Crippen LogP contribution in [0.4, 0.5) is 5.69 Å². The number of amides is 1. The Hall–Kier alpha value is -1.77. The quantitative estimate of drug-likeness (QED) is 0.786. The first-order valence-electron chi connectivity index (χ1n) is 6.12. The lowest BCUT2D eigenvalue weighted by atomic mass is 10.1. The Bertz CT molecular complexity index is 784. The largest absolute Gasteiger partial charge is 0.343 e. The van der Waals surface area contributed by atoms with Gasteiger partial charge in [0.1, 0.15) is 6.04 Å².